The van der Waals surface area contributed by atoms with Gasteiger partial charge in [0.05, 0.1) is 17.9 Å². The molecule has 0 radical (unpaired) electrons. The molecule has 0 saturated heterocycles. The molecule has 2 aromatic heterocycles. The van der Waals surface area contributed by atoms with Crippen LogP contribution < -0.4 is 5.32 Å². The maximum Gasteiger partial charge on any atom is 0.0639 e. The first-order valence-electron chi connectivity index (χ1n) is 7.52. The van der Waals surface area contributed by atoms with Crippen LogP contribution >= 0.6 is 0 Å². The molecule has 0 aliphatic rings. The normalized spacial score (nSPS) is 12.8. The monoisotopic (exact) mass is 274 g/mol. The molecule has 20 heavy (non-hydrogen) atoms. The van der Waals surface area contributed by atoms with Gasteiger partial charge in [-0.15, -0.1) is 0 Å². The van der Waals surface area contributed by atoms with Crippen LogP contribution in [0.3, 0.4) is 0 Å². The van der Waals surface area contributed by atoms with Crippen LogP contribution in [0.1, 0.15) is 49.7 Å². The summed E-state index contributed by atoms with van der Waals surface area (Å²) in [6.07, 6.45) is 7.76. The molecule has 0 amide bonds. The van der Waals surface area contributed by atoms with Crippen LogP contribution in [-0.4, -0.2) is 21.4 Å². The quantitative estimate of drug-likeness (QED) is 0.842. The Morgan fingerprint density at radius 2 is 2.15 bits per heavy atom. The van der Waals surface area contributed by atoms with Crippen LogP contribution in [0, 0.1) is 0 Å². The highest BCUT2D eigenvalue weighted by Crippen LogP contribution is 2.19. The maximum absolute atomic E-state index is 4.50. The van der Waals surface area contributed by atoms with E-state index in [0.717, 1.165) is 18.7 Å². The summed E-state index contributed by atoms with van der Waals surface area (Å²) in [7, 11) is 4.05. The third kappa shape index (κ3) is 3.31. The molecule has 0 aromatic carbocycles. The highest BCUT2D eigenvalue weighted by atomic mass is 15.3. The van der Waals surface area contributed by atoms with E-state index in [1.54, 1.807) is 0 Å². The minimum Gasteiger partial charge on any atom is -0.348 e. The Morgan fingerprint density at radius 3 is 2.75 bits per heavy atom. The Labute approximate surface area is 121 Å². The lowest BCUT2D eigenvalue weighted by Crippen LogP contribution is -2.15. The van der Waals surface area contributed by atoms with Crippen LogP contribution in [0.4, 0.5) is 0 Å². The molecule has 2 heterocycles. The molecule has 110 valence electrons. The number of aryl methyl sites for hydroxylation is 2. The average molecular weight is 274 g/mol. The highest BCUT2D eigenvalue weighted by molar-refractivity contribution is 5.17. The fourth-order valence-electron chi connectivity index (χ4n) is 2.61. The van der Waals surface area contributed by atoms with E-state index in [1.807, 2.05) is 18.8 Å². The van der Waals surface area contributed by atoms with Crippen LogP contribution in [0.2, 0.25) is 0 Å². The van der Waals surface area contributed by atoms with Crippen molar-refractivity contribution in [3.63, 3.8) is 0 Å². The summed E-state index contributed by atoms with van der Waals surface area (Å²) in [5.41, 5.74) is 3.78. The molecule has 2 rings (SSSR count). The zero-order valence-corrected chi connectivity index (χ0v) is 13.1. The molecule has 0 spiro atoms. The van der Waals surface area contributed by atoms with Crippen LogP contribution in [-0.2, 0) is 20.0 Å². The molecule has 1 N–H and O–H groups in total. The van der Waals surface area contributed by atoms with E-state index in [4.69, 9.17) is 0 Å². The van der Waals surface area contributed by atoms with E-state index in [0.29, 0.717) is 6.04 Å². The van der Waals surface area contributed by atoms with E-state index in [2.05, 4.69) is 53.4 Å². The molecule has 4 nitrogen and oxygen atoms in total. The summed E-state index contributed by atoms with van der Waals surface area (Å²) in [5, 5.41) is 7.89. The van der Waals surface area contributed by atoms with Gasteiger partial charge in [0.15, 0.2) is 0 Å². The SMILES string of the molecule is CCCC(NC)c1ccn(Cc2cc(CC)nn2C)c1. The average Bonchev–Trinajstić information content (AvgIpc) is 3.04. The first-order valence-corrected chi connectivity index (χ1v) is 7.52. The summed E-state index contributed by atoms with van der Waals surface area (Å²) in [4.78, 5) is 0. The molecular weight excluding hydrogens is 248 g/mol. The van der Waals surface area contributed by atoms with Gasteiger partial charge in [-0.2, -0.15) is 5.10 Å². The van der Waals surface area contributed by atoms with Gasteiger partial charge in [-0.3, -0.25) is 4.68 Å². The third-order valence-corrected chi connectivity index (χ3v) is 3.84. The molecule has 0 bridgehead atoms. The molecule has 1 atom stereocenters. The number of rotatable bonds is 7. The molecule has 0 saturated carbocycles. The number of aromatic nitrogens is 3. The summed E-state index contributed by atoms with van der Waals surface area (Å²) < 4.78 is 4.23. The van der Waals surface area contributed by atoms with Gasteiger partial charge in [0.1, 0.15) is 0 Å². The van der Waals surface area contributed by atoms with E-state index >= 15 is 0 Å². The van der Waals surface area contributed by atoms with Crippen molar-refractivity contribution in [1.82, 2.24) is 19.7 Å². The predicted octanol–water partition coefficient (Wildman–Crippen LogP) is 2.89. The van der Waals surface area contributed by atoms with Gasteiger partial charge in [0, 0.05) is 25.5 Å². The maximum atomic E-state index is 4.50. The van der Waals surface area contributed by atoms with Crippen molar-refractivity contribution in [3.8, 4) is 0 Å². The lowest BCUT2D eigenvalue weighted by molar-refractivity contribution is 0.540. The molecule has 2 aromatic rings. The van der Waals surface area contributed by atoms with Gasteiger partial charge in [-0.25, -0.2) is 0 Å². The minimum absolute atomic E-state index is 0.457. The smallest absolute Gasteiger partial charge is 0.0639 e. The Morgan fingerprint density at radius 1 is 1.35 bits per heavy atom. The summed E-state index contributed by atoms with van der Waals surface area (Å²) in [6, 6.07) is 4.87. The molecule has 4 heteroatoms. The van der Waals surface area contributed by atoms with Crippen LogP contribution in [0.25, 0.3) is 0 Å². The third-order valence-electron chi connectivity index (χ3n) is 3.84. The lowest BCUT2D eigenvalue weighted by atomic mass is 10.1. The fourth-order valence-corrected chi connectivity index (χ4v) is 2.61. The van der Waals surface area contributed by atoms with Crippen molar-refractivity contribution in [2.24, 2.45) is 7.05 Å². The molecular formula is C16H26N4. The van der Waals surface area contributed by atoms with E-state index in [1.165, 1.54) is 24.1 Å². The molecule has 0 aliphatic carbocycles. The second-order valence-corrected chi connectivity index (χ2v) is 5.35. The zero-order chi connectivity index (χ0) is 14.5. The number of hydrogen-bond acceptors (Lipinski definition) is 2. The standard InChI is InChI=1S/C16H26N4/c1-5-7-16(17-3)13-8-9-20(11-13)12-15-10-14(6-2)18-19(15)4/h8-11,16-17H,5-7,12H2,1-4H3. The number of nitrogens with zero attached hydrogens (tertiary/aromatic N) is 3. The number of nitrogens with one attached hydrogen (secondary N) is 1. The van der Waals surface area contributed by atoms with E-state index in [-0.39, 0.29) is 0 Å². The summed E-state index contributed by atoms with van der Waals surface area (Å²) >= 11 is 0. The van der Waals surface area contributed by atoms with Gasteiger partial charge < -0.3 is 9.88 Å². The Hall–Kier alpha value is -1.55. The lowest BCUT2D eigenvalue weighted by Gasteiger charge is -2.13. The number of hydrogen-bond donors (Lipinski definition) is 1. The first-order chi connectivity index (χ1) is 9.67. The van der Waals surface area contributed by atoms with Gasteiger partial charge in [0.25, 0.3) is 0 Å². The Kier molecular flexibility index (Phi) is 5.01. The van der Waals surface area contributed by atoms with Crippen molar-refractivity contribution < 1.29 is 0 Å². The predicted molar refractivity (Wildman–Crippen MR) is 82.8 cm³/mol. The van der Waals surface area contributed by atoms with Crippen LogP contribution in [0.15, 0.2) is 24.5 Å². The van der Waals surface area contributed by atoms with Crippen molar-refractivity contribution in [2.75, 3.05) is 7.05 Å². The van der Waals surface area contributed by atoms with Gasteiger partial charge >= 0.3 is 0 Å². The van der Waals surface area contributed by atoms with Gasteiger partial charge in [0.2, 0.25) is 0 Å². The molecule has 0 fully saturated rings. The van der Waals surface area contributed by atoms with Crippen molar-refractivity contribution in [1.29, 1.82) is 0 Å². The Balaban J connectivity index is 2.10. The van der Waals surface area contributed by atoms with Crippen molar-refractivity contribution in [2.45, 2.75) is 45.7 Å². The topological polar surface area (TPSA) is 34.8 Å². The second kappa shape index (κ2) is 6.75. The largest absolute Gasteiger partial charge is 0.348 e. The fraction of sp³-hybridized carbons (Fsp3) is 0.562. The van der Waals surface area contributed by atoms with Crippen molar-refractivity contribution >= 4 is 0 Å². The van der Waals surface area contributed by atoms with E-state index in [9.17, 15) is 0 Å². The highest BCUT2D eigenvalue weighted by Gasteiger charge is 2.10. The summed E-state index contributed by atoms with van der Waals surface area (Å²) in [6.45, 7) is 5.25. The van der Waals surface area contributed by atoms with Crippen molar-refractivity contribution in [3.05, 3.63) is 41.5 Å². The molecule has 0 aliphatic heterocycles. The summed E-state index contributed by atoms with van der Waals surface area (Å²) in [5.74, 6) is 0. The molecule has 1 unspecified atom stereocenters. The van der Waals surface area contributed by atoms with Crippen LogP contribution in [0.5, 0.6) is 0 Å². The zero-order valence-electron chi connectivity index (χ0n) is 13.1. The van der Waals surface area contributed by atoms with Gasteiger partial charge in [-0.1, -0.05) is 20.3 Å². The minimum atomic E-state index is 0.457. The first kappa shape index (κ1) is 14.9. The van der Waals surface area contributed by atoms with Gasteiger partial charge in [-0.05, 0) is 37.6 Å². The Bertz CT molecular complexity index is 538. The second-order valence-electron chi connectivity index (χ2n) is 5.35. The van der Waals surface area contributed by atoms with E-state index < -0.39 is 0 Å².